The molecule has 0 fully saturated rings. The monoisotopic (exact) mass is 228 g/mol. The highest BCUT2D eigenvalue weighted by molar-refractivity contribution is 7.11. The SMILES string of the molecule is CCc1ncsc1C(=O)NC(C)(C)CO. The average molecular weight is 228 g/mol. The lowest BCUT2D eigenvalue weighted by atomic mass is 10.1. The number of amides is 1. The van der Waals surface area contributed by atoms with Crippen molar-refractivity contribution in [2.45, 2.75) is 32.7 Å². The molecule has 0 unspecified atom stereocenters. The molecule has 1 amide bonds. The van der Waals surface area contributed by atoms with Crippen LogP contribution in [0.4, 0.5) is 0 Å². The first-order valence-electron chi connectivity index (χ1n) is 4.86. The van der Waals surface area contributed by atoms with Crippen molar-refractivity contribution in [3.8, 4) is 0 Å². The molecule has 1 aromatic rings. The lowest BCUT2D eigenvalue weighted by Gasteiger charge is -2.23. The molecule has 0 aromatic carbocycles. The number of thiazole rings is 1. The molecule has 0 radical (unpaired) electrons. The number of hydrogen-bond donors (Lipinski definition) is 2. The Bertz CT molecular complexity index is 347. The van der Waals surface area contributed by atoms with Gasteiger partial charge < -0.3 is 10.4 Å². The van der Waals surface area contributed by atoms with Crippen LogP contribution in [0.3, 0.4) is 0 Å². The first kappa shape index (κ1) is 12.1. The Morgan fingerprint density at radius 1 is 1.67 bits per heavy atom. The van der Waals surface area contributed by atoms with Gasteiger partial charge in [-0.05, 0) is 20.3 Å². The van der Waals surface area contributed by atoms with E-state index in [1.807, 2.05) is 6.92 Å². The van der Waals surface area contributed by atoms with E-state index in [1.165, 1.54) is 11.3 Å². The minimum absolute atomic E-state index is 0.0843. The van der Waals surface area contributed by atoms with Gasteiger partial charge in [-0.3, -0.25) is 4.79 Å². The largest absolute Gasteiger partial charge is 0.394 e. The molecule has 15 heavy (non-hydrogen) atoms. The van der Waals surface area contributed by atoms with Gasteiger partial charge in [-0.25, -0.2) is 4.98 Å². The van der Waals surface area contributed by atoms with E-state index in [0.29, 0.717) is 4.88 Å². The van der Waals surface area contributed by atoms with Crippen LogP contribution in [0, 0.1) is 0 Å². The van der Waals surface area contributed by atoms with E-state index in [4.69, 9.17) is 5.11 Å². The number of hydrogen-bond acceptors (Lipinski definition) is 4. The van der Waals surface area contributed by atoms with E-state index in [-0.39, 0.29) is 12.5 Å². The Kier molecular flexibility index (Phi) is 3.82. The zero-order chi connectivity index (χ0) is 11.5. The van der Waals surface area contributed by atoms with Gasteiger partial charge in [0.15, 0.2) is 0 Å². The Balaban J connectivity index is 2.78. The first-order chi connectivity index (χ1) is 7.00. The van der Waals surface area contributed by atoms with Gasteiger partial charge in [-0.1, -0.05) is 6.92 Å². The molecule has 84 valence electrons. The van der Waals surface area contributed by atoms with E-state index in [1.54, 1.807) is 19.4 Å². The van der Waals surface area contributed by atoms with Crippen molar-refractivity contribution in [1.82, 2.24) is 10.3 Å². The van der Waals surface area contributed by atoms with E-state index >= 15 is 0 Å². The van der Waals surface area contributed by atoms with Gasteiger partial charge >= 0.3 is 0 Å². The average Bonchev–Trinajstić information content (AvgIpc) is 2.64. The highest BCUT2D eigenvalue weighted by atomic mass is 32.1. The molecule has 0 saturated heterocycles. The number of rotatable bonds is 4. The van der Waals surface area contributed by atoms with Crippen molar-refractivity contribution in [2.75, 3.05) is 6.61 Å². The van der Waals surface area contributed by atoms with Gasteiger partial charge in [0.1, 0.15) is 4.88 Å². The number of aliphatic hydroxyl groups is 1. The van der Waals surface area contributed by atoms with Gasteiger partial charge in [0, 0.05) is 0 Å². The predicted octanol–water partition coefficient (Wildman–Crippen LogP) is 1.21. The molecule has 5 heteroatoms. The topological polar surface area (TPSA) is 62.2 Å². The van der Waals surface area contributed by atoms with Crippen molar-refractivity contribution < 1.29 is 9.90 Å². The maximum Gasteiger partial charge on any atom is 0.263 e. The van der Waals surface area contributed by atoms with Crippen LogP contribution < -0.4 is 5.32 Å². The molecule has 0 aliphatic heterocycles. The fourth-order valence-corrected chi connectivity index (χ4v) is 1.89. The summed E-state index contributed by atoms with van der Waals surface area (Å²) >= 11 is 1.33. The number of aromatic nitrogens is 1. The van der Waals surface area contributed by atoms with Crippen LogP contribution in [0.2, 0.25) is 0 Å². The summed E-state index contributed by atoms with van der Waals surface area (Å²) in [5, 5.41) is 11.8. The molecule has 1 aromatic heterocycles. The van der Waals surface area contributed by atoms with Gasteiger partial charge in [0.25, 0.3) is 5.91 Å². The van der Waals surface area contributed by atoms with E-state index in [9.17, 15) is 4.79 Å². The number of aryl methyl sites for hydroxylation is 1. The molecular formula is C10H16N2O2S. The maximum atomic E-state index is 11.8. The molecule has 0 atom stereocenters. The molecule has 0 saturated carbocycles. The molecule has 1 heterocycles. The van der Waals surface area contributed by atoms with E-state index in [2.05, 4.69) is 10.3 Å². The van der Waals surface area contributed by atoms with Gasteiger partial charge in [-0.2, -0.15) is 0 Å². The summed E-state index contributed by atoms with van der Waals surface area (Å²) in [7, 11) is 0. The van der Waals surface area contributed by atoms with Crippen LogP contribution in [0.25, 0.3) is 0 Å². The van der Waals surface area contributed by atoms with Crippen LogP contribution >= 0.6 is 11.3 Å². The number of aliphatic hydroxyl groups excluding tert-OH is 1. The molecule has 4 nitrogen and oxygen atoms in total. The minimum Gasteiger partial charge on any atom is -0.394 e. The molecular weight excluding hydrogens is 212 g/mol. The Labute approximate surface area is 93.4 Å². The van der Waals surface area contributed by atoms with Crippen LogP contribution in [0.1, 0.15) is 36.1 Å². The molecule has 1 rings (SSSR count). The molecule has 0 aliphatic carbocycles. The van der Waals surface area contributed by atoms with Gasteiger partial charge in [0.05, 0.1) is 23.4 Å². The Morgan fingerprint density at radius 2 is 2.33 bits per heavy atom. The predicted molar refractivity (Wildman–Crippen MR) is 60.1 cm³/mol. The van der Waals surface area contributed by atoms with Crippen LogP contribution in [-0.2, 0) is 6.42 Å². The molecule has 0 spiro atoms. The summed E-state index contributed by atoms with van der Waals surface area (Å²) < 4.78 is 0. The lowest BCUT2D eigenvalue weighted by Crippen LogP contribution is -2.46. The summed E-state index contributed by atoms with van der Waals surface area (Å²) in [5.74, 6) is -0.159. The van der Waals surface area contributed by atoms with Crippen molar-refractivity contribution in [3.05, 3.63) is 16.1 Å². The van der Waals surface area contributed by atoms with E-state index in [0.717, 1.165) is 12.1 Å². The maximum absolute atomic E-state index is 11.8. The fraction of sp³-hybridized carbons (Fsp3) is 0.600. The third-order valence-electron chi connectivity index (χ3n) is 2.03. The summed E-state index contributed by atoms with van der Waals surface area (Å²) in [4.78, 5) is 16.6. The minimum atomic E-state index is -0.591. The van der Waals surface area contributed by atoms with Crippen molar-refractivity contribution in [2.24, 2.45) is 0 Å². The summed E-state index contributed by atoms with van der Waals surface area (Å²) in [5.41, 5.74) is 1.89. The van der Waals surface area contributed by atoms with Crippen LogP contribution in [0.5, 0.6) is 0 Å². The summed E-state index contributed by atoms with van der Waals surface area (Å²) in [6, 6.07) is 0. The smallest absolute Gasteiger partial charge is 0.263 e. The number of carbonyl (C=O) groups excluding carboxylic acids is 1. The third-order valence-corrected chi connectivity index (χ3v) is 2.90. The number of carbonyl (C=O) groups is 1. The fourth-order valence-electron chi connectivity index (χ4n) is 1.11. The quantitative estimate of drug-likeness (QED) is 0.814. The second-order valence-electron chi connectivity index (χ2n) is 3.98. The highest BCUT2D eigenvalue weighted by Crippen LogP contribution is 2.15. The summed E-state index contributed by atoms with van der Waals surface area (Å²) in [6.07, 6.45) is 0.742. The standard InChI is InChI=1S/C10H16N2O2S/c1-4-7-8(15-6-11-7)9(14)12-10(2,3)5-13/h6,13H,4-5H2,1-3H3,(H,12,14). The van der Waals surface area contributed by atoms with Crippen molar-refractivity contribution in [3.63, 3.8) is 0 Å². The van der Waals surface area contributed by atoms with Crippen molar-refractivity contribution in [1.29, 1.82) is 0 Å². The number of nitrogens with one attached hydrogen (secondary N) is 1. The Morgan fingerprint density at radius 3 is 2.87 bits per heavy atom. The lowest BCUT2D eigenvalue weighted by molar-refractivity contribution is 0.0872. The highest BCUT2D eigenvalue weighted by Gasteiger charge is 2.22. The molecule has 2 N–H and O–H groups in total. The second kappa shape index (κ2) is 4.72. The molecule has 0 bridgehead atoms. The van der Waals surface area contributed by atoms with E-state index < -0.39 is 5.54 Å². The van der Waals surface area contributed by atoms with Gasteiger partial charge in [0.2, 0.25) is 0 Å². The third kappa shape index (κ3) is 3.00. The van der Waals surface area contributed by atoms with Crippen LogP contribution in [0.15, 0.2) is 5.51 Å². The van der Waals surface area contributed by atoms with Gasteiger partial charge in [-0.15, -0.1) is 11.3 Å². The molecule has 0 aliphatic rings. The normalized spacial score (nSPS) is 11.5. The van der Waals surface area contributed by atoms with Crippen molar-refractivity contribution >= 4 is 17.2 Å². The Hall–Kier alpha value is -0.940. The zero-order valence-electron chi connectivity index (χ0n) is 9.20. The summed E-state index contributed by atoms with van der Waals surface area (Å²) in [6.45, 7) is 5.43. The first-order valence-corrected chi connectivity index (χ1v) is 5.74. The number of nitrogens with zero attached hydrogens (tertiary/aromatic N) is 1. The van der Waals surface area contributed by atoms with Crippen LogP contribution in [-0.4, -0.2) is 28.1 Å². The second-order valence-corrected chi connectivity index (χ2v) is 4.83. The zero-order valence-corrected chi connectivity index (χ0v) is 10.0.